The van der Waals surface area contributed by atoms with Gasteiger partial charge in [0.05, 0.1) is 5.75 Å². The van der Waals surface area contributed by atoms with Crippen LogP contribution in [0.5, 0.6) is 0 Å². The molecule has 0 aliphatic heterocycles. The third-order valence-electron chi connectivity index (χ3n) is 4.93. The van der Waals surface area contributed by atoms with Crippen LogP contribution in [-0.2, 0) is 10.5 Å². The summed E-state index contributed by atoms with van der Waals surface area (Å²) in [4.78, 5) is 16.3. The Morgan fingerprint density at radius 2 is 2.00 bits per heavy atom. The number of fused-ring (bicyclic) bond motifs is 2. The number of nitrogens with two attached hydrogens (primary N) is 1. The Bertz CT molecular complexity index is 492. The second-order valence-corrected chi connectivity index (χ2v) is 7.62. The number of amides is 1. The van der Waals surface area contributed by atoms with Gasteiger partial charge in [-0.2, -0.15) is 0 Å². The zero-order valence-electron chi connectivity index (χ0n) is 13.7. The molecule has 0 radical (unpaired) electrons. The topological polar surface area (TPSA) is 68.0 Å². The van der Waals surface area contributed by atoms with Crippen molar-refractivity contribution in [3.63, 3.8) is 0 Å². The first kappa shape index (κ1) is 21.6. The Hall–Kier alpha value is -0.490. The van der Waals surface area contributed by atoms with E-state index >= 15 is 0 Å². The summed E-state index contributed by atoms with van der Waals surface area (Å²) in [6.07, 6.45) is 9.51. The highest BCUT2D eigenvalue weighted by atomic mass is 35.5. The van der Waals surface area contributed by atoms with E-state index in [2.05, 4.69) is 10.3 Å². The predicted molar refractivity (Wildman–Crippen MR) is 105 cm³/mol. The molecule has 1 aromatic rings. The van der Waals surface area contributed by atoms with E-state index in [-0.39, 0.29) is 30.7 Å². The maximum absolute atomic E-state index is 12.2. The molecular formula is C17H27Cl2N3OS. The van der Waals surface area contributed by atoms with Gasteiger partial charge in [0, 0.05) is 30.2 Å². The minimum Gasteiger partial charge on any atom is -0.352 e. The Balaban J connectivity index is 0.00000144. The molecule has 2 fully saturated rings. The molecule has 0 saturated heterocycles. The fourth-order valence-electron chi connectivity index (χ4n) is 4.00. The molecule has 1 heterocycles. The van der Waals surface area contributed by atoms with Gasteiger partial charge in [-0.1, -0.05) is 12.5 Å². The lowest BCUT2D eigenvalue weighted by molar-refractivity contribution is -0.120. The van der Waals surface area contributed by atoms with Crippen LogP contribution in [0, 0.1) is 11.8 Å². The highest BCUT2D eigenvalue weighted by Gasteiger charge is 2.39. The maximum atomic E-state index is 12.2. The van der Waals surface area contributed by atoms with Crippen molar-refractivity contribution in [1.82, 2.24) is 10.3 Å². The first-order valence-electron chi connectivity index (χ1n) is 8.24. The average Bonchev–Trinajstić information content (AvgIpc) is 2.49. The highest BCUT2D eigenvalue weighted by Crippen LogP contribution is 2.39. The number of carbonyl (C=O) groups excluding carboxylic acids is 1. The summed E-state index contributed by atoms with van der Waals surface area (Å²) >= 11 is 1.65. The van der Waals surface area contributed by atoms with Crippen LogP contribution < -0.4 is 11.1 Å². The zero-order chi connectivity index (χ0) is 15.4. The maximum Gasteiger partial charge on any atom is 0.230 e. The average molecular weight is 392 g/mol. The molecule has 24 heavy (non-hydrogen) atoms. The van der Waals surface area contributed by atoms with Crippen LogP contribution >= 0.6 is 36.6 Å². The number of hydrogen-bond acceptors (Lipinski definition) is 4. The number of nitrogens with one attached hydrogen (secondary N) is 1. The Morgan fingerprint density at radius 1 is 1.29 bits per heavy atom. The smallest absolute Gasteiger partial charge is 0.230 e. The Morgan fingerprint density at radius 3 is 2.62 bits per heavy atom. The molecule has 3 N–H and O–H groups in total. The van der Waals surface area contributed by atoms with Crippen molar-refractivity contribution in [3.05, 3.63) is 30.1 Å². The van der Waals surface area contributed by atoms with E-state index in [0.29, 0.717) is 29.7 Å². The number of aromatic nitrogens is 1. The molecule has 136 valence electrons. The number of carbonyl (C=O) groups is 1. The minimum atomic E-state index is 0. The SMILES string of the molecule is Cl.Cl.NC1CC2CCCC(C1)C2NC(=O)CSCc1cccnc1. The summed E-state index contributed by atoms with van der Waals surface area (Å²) in [5.74, 6) is 2.72. The lowest BCUT2D eigenvalue weighted by atomic mass is 9.67. The van der Waals surface area contributed by atoms with Crippen molar-refractivity contribution in [3.8, 4) is 0 Å². The normalized spacial score (nSPS) is 28.2. The fourth-order valence-corrected chi connectivity index (χ4v) is 4.77. The van der Waals surface area contributed by atoms with Gasteiger partial charge in [0.2, 0.25) is 5.91 Å². The van der Waals surface area contributed by atoms with Gasteiger partial charge in [-0.25, -0.2) is 0 Å². The van der Waals surface area contributed by atoms with Gasteiger partial charge >= 0.3 is 0 Å². The predicted octanol–water partition coefficient (Wildman–Crippen LogP) is 3.18. The summed E-state index contributed by atoms with van der Waals surface area (Å²) in [6, 6.07) is 4.68. The molecule has 2 saturated carbocycles. The van der Waals surface area contributed by atoms with Crippen LogP contribution in [0.15, 0.2) is 24.5 Å². The molecule has 7 heteroatoms. The molecule has 1 aromatic heterocycles. The van der Waals surface area contributed by atoms with E-state index in [9.17, 15) is 4.79 Å². The number of pyridine rings is 1. The van der Waals surface area contributed by atoms with Crippen molar-refractivity contribution >= 4 is 42.5 Å². The van der Waals surface area contributed by atoms with Crippen molar-refractivity contribution < 1.29 is 4.79 Å². The number of halogens is 2. The summed E-state index contributed by atoms with van der Waals surface area (Å²) in [7, 11) is 0. The molecule has 3 rings (SSSR count). The summed E-state index contributed by atoms with van der Waals surface area (Å²) in [6.45, 7) is 0. The molecule has 0 spiro atoms. The second kappa shape index (κ2) is 10.5. The first-order valence-corrected chi connectivity index (χ1v) is 9.39. The van der Waals surface area contributed by atoms with E-state index in [0.717, 1.165) is 18.6 Å². The number of hydrogen-bond donors (Lipinski definition) is 2. The number of nitrogens with zero attached hydrogens (tertiary/aromatic N) is 1. The van der Waals surface area contributed by atoms with Crippen LogP contribution in [0.3, 0.4) is 0 Å². The van der Waals surface area contributed by atoms with Gasteiger partial charge in [-0.05, 0) is 49.1 Å². The molecule has 0 aromatic carbocycles. The van der Waals surface area contributed by atoms with Gasteiger partial charge in [0.25, 0.3) is 0 Å². The van der Waals surface area contributed by atoms with E-state index in [1.165, 1.54) is 24.8 Å². The molecule has 2 atom stereocenters. The number of rotatable bonds is 5. The van der Waals surface area contributed by atoms with Gasteiger partial charge in [-0.15, -0.1) is 36.6 Å². The molecule has 2 aliphatic rings. The summed E-state index contributed by atoms with van der Waals surface area (Å²) in [5, 5.41) is 3.30. The third-order valence-corrected chi connectivity index (χ3v) is 5.93. The molecule has 2 aliphatic carbocycles. The zero-order valence-corrected chi connectivity index (χ0v) is 16.2. The van der Waals surface area contributed by atoms with E-state index in [4.69, 9.17) is 5.73 Å². The minimum absolute atomic E-state index is 0. The lowest BCUT2D eigenvalue weighted by Crippen LogP contribution is -2.54. The molecule has 4 nitrogen and oxygen atoms in total. The second-order valence-electron chi connectivity index (χ2n) is 6.63. The first-order chi connectivity index (χ1) is 10.7. The summed E-state index contributed by atoms with van der Waals surface area (Å²) in [5.41, 5.74) is 7.31. The van der Waals surface area contributed by atoms with E-state index < -0.39 is 0 Å². The van der Waals surface area contributed by atoms with Crippen molar-refractivity contribution in [2.75, 3.05) is 5.75 Å². The van der Waals surface area contributed by atoms with Gasteiger partial charge in [-0.3, -0.25) is 9.78 Å². The number of thioether (sulfide) groups is 1. The van der Waals surface area contributed by atoms with Crippen LogP contribution in [0.2, 0.25) is 0 Å². The molecule has 2 unspecified atom stereocenters. The molecule has 2 bridgehead atoms. The standard InChI is InChI=1S/C17H25N3OS.2ClH/c18-15-7-13-4-1-5-14(8-15)17(13)20-16(21)11-22-10-12-3-2-6-19-9-12;;/h2-3,6,9,13-15,17H,1,4-5,7-8,10-11,18H2,(H,20,21);2*1H. The monoisotopic (exact) mass is 391 g/mol. The van der Waals surface area contributed by atoms with Crippen LogP contribution in [-0.4, -0.2) is 28.7 Å². The van der Waals surface area contributed by atoms with Gasteiger partial charge in [0.15, 0.2) is 0 Å². The van der Waals surface area contributed by atoms with E-state index in [1.54, 1.807) is 18.0 Å². The van der Waals surface area contributed by atoms with Crippen molar-refractivity contribution in [2.24, 2.45) is 17.6 Å². The third kappa shape index (κ3) is 5.80. The van der Waals surface area contributed by atoms with Crippen molar-refractivity contribution in [1.29, 1.82) is 0 Å². The van der Waals surface area contributed by atoms with Crippen LogP contribution in [0.1, 0.15) is 37.7 Å². The quantitative estimate of drug-likeness (QED) is 0.808. The van der Waals surface area contributed by atoms with Gasteiger partial charge in [0.1, 0.15) is 0 Å². The Labute approximate surface area is 160 Å². The lowest BCUT2D eigenvalue weighted by Gasteiger charge is -2.45. The van der Waals surface area contributed by atoms with Gasteiger partial charge < -0.3 is 11.1 Å². The molecular weight excluding hydrogens is 365 g/mol. The Kier molecular flexibility index (Phi) is 9.42. The fraction of sp³-hybridized carbons (Fsp3) is 0.647. The highest BCUT2D eigenvalue weighted by molar-refractivity contribution is 7.99. The van der Waals surface area contributed by atoms with Crippen LogP contribution in [0.25, 0.3) is 0 Å². The van der Waals surface area contributed by atoms with Crippen LogP contribution in [0.4, 0.5) is 0 Å². The van der Waals surface area contributed by atoms with Crippen molar-refractivity contribution in [2.45, 2.75) is 49.9 Å². The molecule has 1 amide bonds. The largest absolute Gasteiger partial charge is 0.352 e. The van der Waals surface area contributed by atoms with E-state index in [1.807, 2.05) is 18.3 Å². The summed E-state index contributed by atoms with van der Waals surface area (Å²) < 4.78 is 0.